The summed E-state index contributed by atoms with van der Waals surface area (Å²) >= 11 is 0. The van der Waals surface area contributed by atoms with E-state index in [2.05, 4.69) is 37.2 Å². The van der Waals surface area contributed by atoms with Crippen LogP contribution >= 0.6 is 0 Å². The first kappa shape index (κ1) is 24.3. The molecule has 11 heteroatoms. The zero-order chi connectivity index (χ0) is 24.8. The van der Waals surface area contributed by atoms with Crippen molar-refractivity contribution in [3.05, 3.63) is 41.6 Å². The Balaban J connectivity index is 1.59. The number of hydrogen-bond donors (Lipinski definition) is 5. The molecule has 1 saturated carbocycles. The minimum Gasteiger partial charge on any atom is -0.453 e. The number of benzene rings is 1. The Morgan fingerprint density at radius 3 is 2.91 bits per heavy atom. The summed E-state index contributed by atoms with van der Waals surface area (Å²) in [6.45, 7) is 0.554. The minimum absolute atomic E-state index is 0.00699. The predicted octanol–water partition coefficient (Wildman–Crippen LogP) is 3.54. The number of aromatic nitrogens is 3. The van der Waals surface area contributed by atoms with Crippen molar-refractivity contribution in [1.29, 1.82) is 5.26 Å². The summed E-state index contributed by atoms with van der Waals surface area (Å²) in [6, 6.07) is 9.34. The highest BCUT2D eigenvalue weighted by molar-refractivity contribution is 5.83. The van der Waals surface area contributed by atoms with Crippen molar-refractivity contribution < 1.29 is 19.4 Å². The number of pyridine rings is 1. The smallest absolute Gasteiger partial charge is 0.407 e. The molecule has 0 saturated heterocycles. The molecule has 3 aromatic rings. The quantitative estimate of drug-likeness (QED) is 0.305. The van der Waals surface area contributed by atoms with Gasteiger partial charge in [-0.2, -0.15) is 10.4 Å². The molecule has 1 aromatic carbocycles. The number of carbonyl (C=O) groups is 1. The highest BCUT2D eigenvalue weighted by atomic mass is 16.6. The fourth-order valence-corrected chi connectivity index (χ4v) is 4.44. The molecule has 4 rings (SSSR count). The number of ether oxygens (including phenoxy) is 2. The number of aliphatic hydroxyl groups is 1. The number of H-pyrrole nitrogens is 1. The highest BCUT2D eigenvalue weighted by Gasteiger charge is 2.27. The third kappa shape index (κ3) is 5.62. The first-order valence-corrected chi connectivity index (χ1v) is 11.5. The maximum Gasteiger partial charge on any atom is 0.407 e. The standard InChI is InChI=1S/C24H29N7O4/c1-34-23(32)21-16(11-25)9-20(26-12-14-5-3-4-6-18(14)29-24(33)35-2)30-22(21)28-17-8-7-15-13-27-31-19(15)10-17/h7-10,13-14,18,23,32H,3-6,12H2,1-2H3,(H,27,31)(H,29,33)(H2,26,28,30)/t14-,18-,23?/m0/s1. The van der Waals surface area contributed by atoms with Crippen molar-refractivity contribution in [2.45, 2.75) is 38.0 Å². The summed E-state index contributed by atoms with van der Waals surface area (Å²) in [5.41, 5.74) is 2.01. The van der Waals surface area contributed by atoms with Crippen LogP contribution in [-0.4, -0.2) is 53.2 Å². The predicted molar refractivity (Wildman–Crippen MR) is 130 cm³/mol. The minimum atomic E-state index is -1.34. The van der Waals surface area contributed by atoms with Gasteiger partial charge < -0.3 is 30.5 Å². The first-order chi connectivity index (χ1) is 17.0. The Hall–Kier alpha value is -3.88. The van der Waals surface area contributed by atoms with Crippen LogP contribution < -0.4 is 16.0 Å². The molecule has 35 heavy (non-hydrogen) atoms. The number of amides is 1. The van der Waals surface area contributed by atoms with E-state index in [-0.39, 0.29) is 23.1 Å². The van der Waals surface area contributed by atoms with Crippen LogP contribution in [-0.2, 0) is 9.47 Å². The number of nitriles is 1. The summed E-state index contributed by atoms with van der Waals surface area (Å²) in [7, 11) is 2.71. The zero-order valence-electron chi connectivity index (χ0n) is 19.7. The number of aliphatic hydroxyl groups excluding tert-OH is 1. The SMILES string of the molecule is COC(=O)N[C@H]1CCCC[C@H]1CNc1cc(C#N)c(C(O)OC)c(Nc2ccc3cn[nH]c3c2)n1. The first-order valence-electron chi connectivity index (χ1n) is 11.5. The maximum absolute atomic E-state index is 11.7. The molecule has 1 aliphatic rings. The Labute approximate surface area is 202 Å². The second-order valence-electron chi connectivity index (χ2n) is 8.48. The highest BCUT2D eigenvalue weighted by Crippen LogP contribution is 2.32. The van der Waals surface area contributed by atoms with Gasteiger partial charge >= 0.3 is 6.09 Å². The summed E-state index contributed by atoms with van der Waals surface area (Å²) in [4.78, 5) is 16.4. The van der Waals surface area contributed by atoms with Crippen molar-refractivity contribution >= 4 is 34.3 Å². The lowest BCUT2D eigenvalue weighted by Gasteiger charge is -2.32. The summed E-state index contributed by atoms with van der Waals surface area (Å²) in [5.74, 6) is 0.951. The third-order valence-electron chi connectivity index (χ3n) is 6.30. The van der Waals surface area contributed by atoms with E-state index in [0.717, 1.165) is 36.6 Å². The third-order valence-corrected chi connectivity index (χ3v) is 6.30. The van der Waals surface area contributed by atoms with Crippen molar-refractivity contribution in [2.75, 3.05) is 31.4 Å². The van der Waals surface area contributed by atoms with Crippen molar-refractivity contribution in [3.63, 3.8) is 0 Å². The lowest BCUT2D eigenvalue weighted by atomic mass is 9.84. The van der Waals surface area contributed by atoms with Gasteiger partial charge in [-0.15, -0.1) is 0 Å². The Morgan fingerprint density at radius 1 is 1.31 bits per heavy atom. The normalized spacial score (nSPS) is 18.5. The van der Waals surface area contributed by atoms with Crippen LogP contribution in [0.4, 0.5) is 22.1 Å². The van der Waals surface area contributed by atoms with E-state index < -0.39 is 12.4 Å². The molecule has 184 valence electrons. The summed E-state index contributed by atoms with van der Waals surface area (Å²) < 4.78 is 9.87. The average Bonchev–Trinajstić information content (AvgIpc) is 3.35. The van der Waals surface area contributed by atoms with Crippen molar-refractivity contribution in [3.8, 4) is 6.07 Å². The molecule has 1 aliphatic carbocycles. The van der Waals surface area contributed by atoms with Gasteiger partial charge in [0.15, 0.2) is 6.29 Å². The number of nitrogens with one attached hydrogen (secondary N) is 4. The van der Waals surface area contributed by atoms with Crippen LogP contribution in [0, 0.1) is 17.2 Å². The molecule has 2 aromatic heterocycles. The van der Waals surface area contributed by atoms with E-state index in [1.54, 1.807) is 12.3 Å². The largest absolute Gasteiger partial charge is 0.453 e. The molecule has 1 amide bonds. The molecule has 2 heterocycles. The lowest BCUT2D eigenvalue weighted by molar-refractivity contribution is -0.0767. The molecular weight excluding hydrogens is 450 g/mol. The van der Waals surface area contributed by atoms with Gasteiger partial charge in [0.05, 0.1) is 36.0 Å². The van der Waals surface area contributed by atoms with E-state index in [0.29, 0.717) is 23.9 Å². The van der Waals surface area contributed by atoms with Gasteiger partial charge in [0.1, 0.15) is 11.6 Å². The summed E-state index contributed by atoms with van der Waals surface area (Å²) in [6.07, 6.45) is 3.89. The fourth-order valence-electron chi connectivity index (χ4n) is 4.44. The molecule has 1 fully saturated rings. The van der Waals surface area contributed by atoms with E-state index in [1.165, 1.54) is 14.2 Å². The Kier molecular flexibility index (Phi) is 7.64. The van der Waals surface area contributed by atoms with Crippen LogP contribution in [0.25, 0.3) is 10.9 Å². The molecular formula is C24H29N7O4. The fraction of sp³-hybridized carbons (Fsp3) is 0.417. The van der Waals surface area contributed by atoms with Gasteiger partial charge in [-0.25, -0.2) is 9.78 Å². The average molecular weight is 480 g/mol. The monoisotopic (exact) mass is 479 g/mol. The van der Waals surface area contributed by atoms with Gasteiger partial charge in [0.2, 0.25) is 0 Å². The Morgan fingerprint density at radius 2 is 2.14 bits per heavy atom. The van der Waals surface area contributed by atoms with Gasteiger partial charge in [0, 0.05) is 30.8 Å². The van der Waals surface area contributed by atoms with Crippen LogP contribution in [0.15, 0.2) is 30.5 Å². The number of methoxy groups -OCH3 is 2. The Bertz CT molecular complexity index is 1220. The molecule has 3 atom stereocenters. The number of fused-ring (bicyclic) bond motifs is 1. The summed E-state index contributed by atoms with van der Waals surface area (Å²) in [5, 5.41) is 37.6. The van der Waals surface area contributed by atoms with Gasteiger partial charge in [-0.3, -0.25) is 5.10 Å². The van der Waals surface area contributed by atoms with E-state index >= 15 is 0 Å². The van der Waals surface area contributed by atoms with Crippen molar-refractivity contribution in [1.82, 2.24) is 20.5 Å². The van der Waals surface area contributed by atoms with E-state index in [4.69, 9.17) is 9.47 Å². The second-order valence-corrected chi connectivity index (χ2v) is 8.48. The topological polar surface area (TPSA) is 157 Å². The molecule has 0 radical (unpaired) electrons. The molecule has 0 bridgehead atoms. The van der Waals surface area contributed by atoms with Crippen LogP contribution in [0.2, 0.25) is 0 Å². The van der Waals surface area contributed by atoms with E-state index in [1.807, 2.05) is 18.2 Å². The molecule has 1 unspecified atom stereocenters. The molecule has 5 N–H and O–H groups in total. The number of aromatic amines is 1. The van der Waals surface area contributed by atoms with E-state index in [9.17, 15) is 15.2 Å². The van der Waals surface area contributed by atoms with Gasteiger partial charge in [-0.05, 0) is 43.0 Å². The van der Waals surface area contributed by atoms with Gasteiger partial charge in [0.25, 0.3) is 0 Å². The number of alkyl carbamates (subject to hydrolysis) is 1. The lowest BCUT2D eigenvalue weighted by Crippen LogP contribution is -2.44. The van der Waals surface area contributed by atoms with Gasteiger partial charge in [-0.1, -0.05) is 12.8 Å². The van der Waals surface area contributed by atoms with Crippen LogP contribution in [0.1, 0.15) is 43.1 Å². The number of rotatable bonds is 8. The molecule has 0 aliphatic heterocycles. The molecule has 11 nitrogen and oxygen atoms in total. The van der Waals surface area contributed by atoms with Crippen molar-refractivity contribution in [2.24, 2.45) is 5.92 Å². The number of nitrogens with zero attached hydrogens (tertiary/aromatic N) is 3. The number of hydrogen-bond acceptors (Lipinski definition) is 9. The molecule has 0 spiro atoms. The zero-order valence-corrected chi connectivity index (χ0v) is 19.7. The van der Waals surface area contributed by atoms with Crippen LogP contribution in [0.5, 0.6) is 0 Å². The maximum atomic E-state index is 11.7. The number of anilines is 3. The van der Waals surface area contributed by atoms with Crippen LogP contribution in [0.3, 0.4) is 0 Å². The second kappa shape index (κ2) is 11.0. The number of carbonyl (C=O) groups excluding carboxylic acids is 1.